The van der Waals surface area contributed by atoms with Crippen molar-refractivity contribution in [2.45, 2.75) is 64.3 Å². The summed E-state index contributed by atoms with van der Waals surface area (Å²) in [6.45, 7) is 9.90. The monoisotopic (exact) mass is 813 g/mol. The number of anilines is 1. The van der Waals surface area contributed by atoms with Crippen LogP contribution in [0, 0.1) is 8.99 Å². The highest BCUT2D eigenvalue weighted by atomic mass is 127. The number of likely N-dealkylation sites (tertiary alicyclic amines) is 2. The van der Waals surface area contributed by atoms with Crippen LogP contribution < -0.4 is 14.4 Å². The van der Waals surface area contributed by atoms with Gasteiger partial charge in [-0.25, -0.2) is 4.79 Å². The molecule has 15 heteroatoms. The second-order valence-corrected chi connectivity index (χ2v) is 15.1. The molecule has 3 fully saturated rings. The summed E-state index contributed by atoms with van der Waals surface area (Å²) in [5, 5.41) is 0.599. The average molecular weight is 814 g/mol. The fourth-order valence-corrected chi connectivity index (χ4v) is 7.05. The first-order chi connectivity index (χ1) is 21.2. The maximum atomic E-state index is 13.3. The van der Waals surface area contributed by atoms with Crippen molar-refractivity contribution in [1.29, 1.82) is 0 Å². The molecule has 4 heterocycles. The molecule has 3 aliphatic rings. The van der Waals surface area contributed by atoms with Gasteiger partial charge in [-0.1, -0.05) is 0 Å². The molecule has 0 aliphatic carbocycles. The Kier molecular flexibility index (Phi) is 10.5. The van der Waals surface area contributed by atoms with Gasteiger partial charge in [0.25, 0.3) is 0 Å². The number of alkyl halides is 3. The number of benzene rings is 1. The number of fused-ring (bicyclic) bond motifs is 1. The SMILES string of the molecule is COCCN1CCC(Oc2nc(N3CCC4(CC3)CN(C(=O)OC(C)(C)C)C4)c3cc(I)c(Br)c(OCC(F)(F)F)c3n2)CC1. The van der Waals surface area contributed by atoms with Crippen LogP contribution in [0.5, 0.6) is 11.8 Å². The van der Waals surface area contributed by atoms with Crippen LogP contribution in [-0.2, 0) is 9.47 Å². The van der Waals surface area contributed by atoms with E-state index >= 15 is 0 Å². The fourth-order valence-electron chi connectivity index (χ4n) is 6.07. The molecule has 5 rings (SSSR count). The number of halogens is 5. The van der Waals surface area contributed by atoms with Crippen molar-refractivity contribution in [3.05, 3.63) is 14.1 Å². The molecule has 1 aromatic heterocycles. The summed E-state index contributed by atoms with van der Waals surface area (Å²) in [5.41, 5.74) is -0.276. The number of amides is 1. The number of rotatable bonds is 8. The topological polar surface area (TPSA) is 89.5 Å². The molecule has 1 spiro atoms. The first kappa shape index (κ1) is 34.5. The van der Waals surface area contributed by atoms with Crippen molar-refractivity contribution < 1.29 is 36.9 Å². The molecule has 1 aromatic carbocycles. The molecule has 0 bridgehead atoms. The zero-order valence-corrected chi connectivity index (χ0v) is 29.8. The molecule has 45 heavy (non-hydrogen) atoms. The summed E-state index contributed by atoms with van der Waals surface area (Å²) < 4.78 is 63.3. The lowest BCUT2D eigenvalue weighted by Crippen LogP contribution is -2.62. The summed E-state index contributed by atoms with van der Waals surface area (Å²) in [7, 11) is 1.68. The van der Waals surface area contributed by atoms with Gasteiger partial charge in [-0.3, -0.25) is 0 Å². The molecule has 3 saturated heterocycles. The summed E-state index contributed by atoms with van der Waals surface area (Å²) in [4.78, 5) is 28.2. The number of aromatic nitrogens is 2. The highest BCUT2D eigenvalue weighted by molar-refractivity contribution is 14.1. The number of hydrogen-bond donors (Lipinski definition) is 0. The van der Waals surface area contributed by atoms with Crippen molar-refractivity contribution in [2.75, 3.05) is 71.0 Å². The second-order valence-electron chi connectivity index (χ2n) is 13.1. The summed E-state index contributed by atoms with van der Waals surface area (Å²) >= 11 is 5.51. The van der Waals surface area contributed by atoms with E-state index in [1.54, 1.807) is 12.0 Å². The van der Waals surface area contributed by atoms with Crippen LogP contribution in [0.25, 0.3) is 10.9 Å². The Labute approximate surface area is 283 Å². The fraction of sp³-hybridized carbons (Fsp3) is 0.700. The number of carbonyl (C=O) groups is 1. The van der Waals surface area contributed by atoms with Gasteiger partial charge in [0.05, 0.1) is 11.1 Å². The van der Waals surface area contributed by atoms with Gasteiger partial charge in [-0.15, -0.1) is 0 Å². The summed E-state index contributed by atoms with van der Waals surface area (Å²) in [6.07, 6.45) is -1.73. The van der Waals surface area contributed by atoms with E-state index in [4.69, 9.17) is 23.9 Å². The van der Waals surface area contributed by atoms with Crippen molar-refractivity contribution in [1.82, 2.24) is 19.8 Å². The van der Waals surface area contributed by atoms with Crippen molar-refractivity contribution in [3.63, 3.8) is 0 Å². The molecule has 0 unspecified atom stereocenters. The molecule has 0 saturated carbocycles. The minimum Gasteiger partial charge on any atom is -0.481 e. The molecular formula is C30H40BrF3IN5O5. The standard InChI is InChI=1S/C30H40BrF3IN5O5/c1-28(2,3)45-27(41)40-16-29(17-40)7-11-39(12-8-29)25-20-15-21(35)22(31)24(43-18-30(32,33)34)23(20)36-26(37-25)44-19-5-9-38(10-6-19)13-14-42-4/h15,19H,5-14,16-18H2,1-4H3. The van der Waals surface area contributed by atoms with E-state index in [2.05, 4.69) is 53.3 Å². The van der Waals surface area contributed by atoms with Crippen LogP contribution in [0.1, 0.15) is 46.5 Å². The minimum absolute atomic E-state index is 0.00475. The van der Waals surface area contributed by atoms with Crippen LogP contribution in [0.15, 0.2) is 10.5 Å². The van der Waals surface area contributed by atoms with E-state index in [1.807, 2.05) is 26.8 Å². The van der Waals surface area contributed by atoms with Crippen LogP contribution >= 0.6 is 38.5 Å². The second kappa shape index (κ2) is 13.7. The number of carbonyl (C=O) groups excluding carboxylic acids is 1. The predicted molar refractivity (Wildman–Crippen MR) is 175 cm³/mol. The van der Waals surface area contributed by atoms with Gasteiger partial charge in [0.15, 0.2) is 12.4 Å². The largest absolute Gasteiger partial charge is 0.481 e. The third kappa shape index (κ3) is 8.55. The smallest absolute Gasteiger partial charge is 0.422 e. The molecule has 0 N–H and O–H groups in total. The Morgan fingerprint density at radius 2 is 1.78 bits per heavy atom. The number of nitrogens with zero attached hydrogens (tertiary/aromatic N) is 5. The van der Waals surface area contributed by atoms with Crippen LogP contribution in [0.3, 0.4) is 0 Å². The Morgan fingerprint density at radius 3 is 2.38 bits per heavy atom. The Hall–Kier alpha value is -1.85. The van der Waals surface area contributed by atoms with Crippen LogP contribution in [0.4, 0.5) is 23.8 Å². The van der Waals surface area contributed by atoms with Crippen molar-refractivity contribution in [2.24, 2.45) is 5.41 Å². The summed E-state index contributed by atoms with van der Waals surface area (Å²) in [5.74, 6) is 0.616. The number of methoxy groups -OCH3 is 1. The van der Waals surface area contributed by atoms with Gasteiger partial charge in [0.2, 0.25) is 0 Å². The number of piperidine rings is 2. The molecule has 10 nitrogen and oxygen atoms in total. The van der Waals surface area contributed by atoms with E-state index in [0.29, 0.717) is 52.0 Å². The summed E-state index contributed by atoms with van der Waals surface area (Å²) in [6, 6.07) is 1.99. The minimum atomic E-state index is -4.52. The molecule has 0 radical (unpaired) electrons. The third-order valence-corrected chi connectivity index (χ3v) is 10.8. The maximum absolute atomic E-state index is 13.3. The zero-order chi connectivity index (χ0) is 32.6. The zero-order valence-electron chi connectivity index (χ0n) is 26.0. The van der Waals surface area contributed by atoms with E-state index in [1.165, 1.54) is 0 Å². The number of ether oxygens (including phenoxy) is 4. The quantitative estimate of drug-likeness (QED) is 0.287. The van der Waals surface area contributed by atoms with Gasteiger partial charge in [0.1, 0.15) is 23.0 Å². The lowest BCUT2D eigenvalue weighted by atomic mass is 9.72. The third-order valence-electron chi connectivity index (χ3n) is 8.43. The van der Waals surface area contributed by atoms with Gasteiger partial charge in [-0.2, -0.15) is 23.1 Å². The Balaban J connectivity index is 1.38. The van der Waals surface area contributed by atoms with Crippen molar-refractivity contribution >= 4 is 61.3 Å². The Morgan fingerprint density at radius 1 is 1.11 bits per heavy atom. The van der Waals surface area contributed by atoms with Gasteiger partial charge in [0, 0.05) is 67.3 Å². The maximum Gasteiger partial charge on any atom is 0.422 e. The lowest BCUT2D eigenvalue weighted by Gasteiger charge is -2.53. The first-order valence-electron chi connectivity index (χ1n) is 15.2. The molecule has 3 aliphatic heterocycles. The molecule has 2 aromatic rings. The van der Waals surface area contributed by atoms with E-state index in [9.17, 15) is 18.0 Å². The van der Waals surface area contributed by atoms with E-state index in [-0.39, 0.29) is 34.9 Å². The van der Waals surface area contributed by atoms with Crippen LogP contribution in [0.2, 0.25) is 0 Å². The Bertz CT molecular complexity index is 1370. The number of hydrogen-bond acceptors (Lipinski definition) is 9. The molecular weight excluding hydrogens is 774 g/mol. The van der Waals surface area contributed by atoms with Gasteiger partial charge in [-0.05, 0) is 91.0 Å². The van der Waals surface area contributed by atoms with Gasteiger partial charge < -0.3 is 33.6 Å². The molecule has 250 valence electrons. The highest BCUT2D eigenvalue weighted by Crippen LogP contribution is 2.45. The van der Waals surface area contributed by atoms with Gasteiger partial charge >= 0.3 is 18.3 Å². The highest BCUT2D eigenvalue weighted by Gasteiger charge is 2.48. The van der Waals surface area contributed by atoms with Crippen molar-refractivity contribution in [3.8, 4) is 11.8 Å². The normalized spacial score (nSPS) is 19.6. The molecule has 0 atom stereocenters. The molecule has 1 amide bonds. The average Bonchev–Trinajstić information content (AvgIpc) is 2.94. The first-order valence-corrected chi connectivity index (χ1v) is 17.0. The predicted octanol–water partition coefficient (Wildman–Crippen LogP) is 6.26. The van der Waals surface area contributed by atoms with E-state index < -0.39 is 18.4 Å². The lowest BCUT2D eigenvalue weighted by molar-refractivity contribution is -0.153. The van der Waals surface area contributed by atoms with Crippen LogP contribution in [-0.4, -0.2) is 110 Å². The van der Waals surface area contributed by atoms with E-state index in [0.717, 1.165) is 45.3 Å².